The number of aromatic nitrogens is 1. The molecule has 1 aliphatic rings. The van der Waals surface area contributed by atoms with E-state index in [1.165, 1.54) is 28.7 Å². The van der Waals surface area contributed by atoms with Gasteiger partial charge in [0.15, 0.2) is 5.13 Å². The van der Waals surface area contributed by atoms with Crippen LogP contribution in [0, 0.1) is 0 Å². The Labute approximate surface area is 133 Å². The second kappa shape index (κ2) is 7.56. The SMILES string of the molecule is CCNCc1sc(N2CCCN(C)CC2C)nc1C(C)C. The maximum absolute atomic E-state index is 4.99. The lowest BCUT2D eigenvalue weighted by Gasteiger charge is -2.27. The monoisotopic (exact) mass is 310 g/mol. The molecule has 1 fully saturated rings. The zero-order valence-electron chi connectivity index (χ0n) is 14.1. The van der Waals surface area contributed by atoms with Crippen molar-refractivity contribution in [2.45, 2.75) is 52.6 Å². The molecule has 4 nitrogen and oxygen atoms in total. The second-order valence-corrected chi connectivity index (χ2v) is 7.46. The van der Waals surface area contributed by atoms with Crippen LogP contribution in [0.2, 0.25) is 0 Å². The molecule has 0 amide bonds. The normalized spacial score (nSPS) is 21.0. The Morgan fingerprint density at radius 3 is 2.81 bits per heavy atom. The van der Waals surface area contributed by atoms with E-state index in [1.807, 2.05) is 11.3 Å². The van der Waals surface area contributed by atoms with Crippen molar-refractivity contribution >= 4 is 16.5 Å². The van der Waals surface area contributed by atoms with E-state index < -0.39 is 0 Å². The van der Waals surface area contributed by atoms with Crippen LogP contribution in [0.15, 0.2) is 0 Å². The summed E-state index contributed by atoms with van der Waals surface area (Å²) in [6, 6.07) is 0.538. The van der Waals surface area contributed by atoms with Gasteiger partial charge in [-0.1, -0.05) is 20.8 Å². The Hall–Kier alpha value is -0.650. The zero-order valence-corrected chi connectivity index (χ0v) is 15.0. The molecule has 0 radical (unpaired) electrons. The van der Waals surface area contributed by atoms with Gasteiger partial charge in [0.1, 0.15) is 0 Å². The number of likely N-dealkylation sites (N-methyl/N-ethyl adjacent to an activating group) is 1. The van der Waals surface area contributed by atoms with Crippen LogP contribution in [0.4, 0.5) is 5.13 Å². The molecule has 0 aromatic carbocycles. The number of hydrogen-bond donors (Lipinski definition) is 1. The molecule has 0 saturated carbocycles. The third-order valence-corrected chi connectivity index (χ3v) is 5.20. The van der Waals surface area contributed by atoms with Gasteiger partial charge in [0.2, 0.25) is 0 Å². The molecule has 0 bridgehead atoms. The maximum atomic E-state index is 4.99. The zero-order chi connectivity index (χ0) is 15.4. The fourth-order valence-electron chi connectivity index (χ4n) is 2.95. The number of thiazole rings is 1. The van der Waals surface area contributed by atoms with Gasteiger partial charge in [0.25, 0.3) is 0 Å². The van der Waals surface area contributed by atoms with Crippen LogP contribution in [0.3, 0.4) is 0 Å². The summed E-state index contributed by atoms with van der Waals surface area (Å²) in [5.74, 6) is 0.494. The summed E-state index contributed by atoms with van der Waals surface area (Å²) >= 11 is 1.88. The largest absolute Gasteiger partial charge is 0.344 e. The molecule has 1 saturated heterocycles. The van der Waals surface area contributed by atoms with E-state index in [9.17, 15) is 0 Å². The van der Waals surface area contributed by atoms with Crippen molar-refractivity contribution in [3.8, 4) is 0 Å². The Morgan fingerprint density at radius 1 is 1.38 bits per heavy atom. The van der Waals surface area contributed by atoms with Gasteiger partial charge < -0.3 is 15.1 Å². The van der Waals surface area contributed by atoms with Crippen LogP contribution in [0.1, 0.15) is 50.6 Å². The van der Waals surface area contributed by atoms with Crippen molar-refractivity contribution in [3.63, 3.8) is 0 Å². The minimum absolute atomic E-state index is 0.494. The van der Waals surface area contributed by atoms with Crippen molar-refractivity contribution in [2.24, 2.45) is 0 Å². The summed E-state index contributed by atoms with van der Waals surface area (Å²) in [7, 11) is 2.22. The topological polar surface area (TPSA) is 31.4 Å². The highest BCUT2D eigenvalue weighted by molar-refractivity contribution is 7.15. The quantitative estimate of drug-likeness (QED) is 0.906. The lowest BCUT2D eigenvalue weighted by Crippen LogP contribution is -2.37. The van der Waals surface area contributed by atoms with Gasteiger partial charge in [-0.15, -0.1) is 11.3 Å². The molecule has 0 spiro atoms. The van der Waals surface area contributed by atoms with E-state index in [4.69, 9.17) is 4.98 Å². The molecule has 1 unspecified atom stereocenters. The van der Waals surface area contributed by atoms with Gasteiger partial charge in [-0.2, -0.15) is 0 Å². The Morgan fingerprint density at radius 2 is 2.14 bits per heavy atom. The molecule has 2 heterocycles. The minimum atomic E-state index is 0.494. The van der Waals surface area contributed by atoms with E-state index in [2.05, 4.69) is 49.9 Å². The van der Waals surface area contributed by atoms with Gasteiger partial charge >= 0.3 is 0 Å². The summed E-state index contributed by atoms with van der Waals surface area (Å²) < 4.78 is 0. The molecule has 1 aromatic rings. The van der Waals surface area contributed by atoms with Crippen LogP contribution in [0.5, 0.6) is 0 Å². The average Bonchev–Trinajstić information content (AvgIpc) is 2.77. The van der Waals surface area contributed by atoms with E-state index in [1.54, 1.807) is 0 Å². The molecular weight excluding hydrogens is 280 g/mol. The smallest absolute Gasteiger partial charge is 0.186 e. The molecular formula is C16H30N4S. The average molecular weight is 311 g/mol. The highest BCUT2D eigenvalue weighted by Crippen LogP contribution is 2.32. The highest BCUT2D eigenvalue weighted by Gasteiger charge is 2.24. The lowest BCUT2D eigenvalue weighted by atomic mass is 10.1. The summed E-state index contributed by atoms with van der Waals surface area (Å²) in [6.07, 6.45) is 1.22. The predicted molar refractivity (Wildman–Crippen MR) is 92.5 cm³/mol. The van der Waals surface area contributed by atoms with Crippen LogP contribution in [0.25, 0.3) is 0 Å². The van der Waals surface area contributed by atoms with Gasteiger partial charge in [0, 0.05) is 30.6 Å². The van der Waals surface area contributed by atoms with Crippen molar-refractivity contribution in [1.29, 1.82) is 0 Å². The molecule has 2 rings (SSSR count). The number of nitrogens with zero attached hydrogens (tertiary/aromatic N) is 3. The van der Waals surface area contributed by atoms with Crippen LogP contribution >= 0.6 is 11.3 Å². The third-order valence-electron chi connectivity index (χ3n) is 4.09. The van der Waals surface area contributed by atoms with Crippen molar-refractivity contribution in [1.82, 2.24) is 15.2 Å². The Balaban J connectivity index is 2.22. The molecule has 1 atom stereocenters. The molecule has 1 aliphatic heterocycles. The summed E-state index contributed by atoms with van der Waals surface area (Å²) in [4.78, 5) is 11.3. The fraction of sp³-hybridized carbons (Fsp3) is 0.812. The number of nitrogens with one attached hydrogen (secondary N) is 1. The van der Waals surface area contributed by atoms with Crippen LogP contribution in [-0.4, -0.2) is 49.2 Å². The minimum Gasteiger partial charge on any atom is -0.344 e. The number of anilines is 1. The first-order chi connectivity index (χ1) is 10.0. The van der Waals surface area contributed by atoms with Gasteiger partial charge in [-0.3, -0.25) is 0 Å². The maximum Gasteiger partial charge on any atom is 0.186 e. The molecule has 120 valence electrons. The van der Waals surface area contributed by atoms with Crippen LogP contribution in [-0.2, 0) is 6.54 Å². The number of hydrogen-bond acceptors (Lipinski definition) is 5. The van der Waals surface area contributed by atoms with Crippen LogP contribution < -0.4 is 10.2 Å². The van der Waals surface area contributed by atoms with E-state index >= 15 is 0 Å². The molecule has 1 aromatic heterocycles. The second-order valence-electron chi connectivity index (χ2n) is 6.40. The molecule has 5 heteroatoms. The first kappa shape index (κ1) is 16.7. The summed E-state index contributed by atoms with van der Waals surface area (Å²) in [6.45, 7) is 14.4. The van der Waals surface area contributed by atoms with Crippen molar-refractivity contribution in [2.75, 3.05) is 38.1 Å². The Bertz CT molecular complexity index is 443. The molecule has 1 N–H and O–H groups in total. The fourth-order valence-corrected chi connectivity index (χ4v) is 4.26. The highest BCUT2D eigenvalue weighted by atomic mass is 32.1. The summed E-state index contributed by atoms with van der Waals surface area (Å²) in [5, 5.41) is 4.67. The molecule has 0 aliphatic carbocycles. The van der Waals surface area contributed by atoms with Gasteiger partial charge in [-0.25, -0.2) is 4.98 Å². The number of rotatable bonds is 5. The Kier molecular flexibility index (Phi) is 6.02. The van der Waals surface area contributed by atoms with Gasteiger partial charge in [0.05, 0.1) is 5.69 Å². The summed E-state index contributed by atoms with van der Waals surface area (Å²) in [5.41, 5.74) is 1.28. The lowest BCUT2D eigenvalue weighted by molar-refractivity contribution is 0.337. The van der Waals surface area contributed by atoms with E-state index in [0.717, 1.165) is 26.2 Å². The van der Waals surface area contributed by atoms with Crippen molar-refractivity contribution < 1.29 is 0 Å². The van der Waals surface area contributed by atoms with E-state index in [0.29, 0.717) is 12.0 Å². The third kappa shape index (κ3) is 4.18. The first-order valence-electron chi connectivity index (χ1n) is 8.18. The van der Waals surface area contributed by atoms with E-state index in [-0.39, 0.29) is 0 Å². The van der Waals surface area contributed by atoms with Gasteiger partial charge in [-0.05, 0) is 39.4 Å². The predicted octanol–water partition coefficient (Wildman–Crippen LogP) is 2.91. The standard InChI is InChI=1S/C16H30N4S/c1-6-17-10-14-15(12(2)3)18-16(21-14)20-9-7-8-19(5)11-13(20)4/h12-13,17H,6-11H2,1-5H3. The van der Waals surface area contributed by atoms with Crippen molar-refractivity contribution in [3.05, 3.63) is 10.6 Å². The molecule has 21 heavy (non-hydrogen) atoms. The first-order valence-corrected chi connectivity index (χ1v) is 9.00.